The predicted octanol–water partition coefficient (Wildman–Crippen LogP) is 1.52. The van der Waals surface area contributed by atoms with Crippen LogP contribution in [0.2, 0.25) is 0 Å². The second-order valence-electron chi connectivity index (χ2n) is 5.89. The summed E-state index contributed by atoms with van der Waals surface area (Å²) in [7, 11) is 0. The number of nitrogens with zero attached hydrogens (tertiary/aromatic N) is 2. The van der Waals surface area contributed by atoms with Crippen LogP contribution >= 0.6 is 0 Å². The van der Waals surface area contributed by atoms with E-state index in [0.29, 0.717) is 18.1 Å². The Balaban J connectivity index is 1.47. The van der Waals surface area contributed by atoms with Gasteiger partial charge < -0.3 is 16.0 Å². The highest BCUT2D eigenvalue weighted by atomic mass is 15.2. The van der Waals surface area contributed by atoms with E-state index < -0.39 is 0 Å². The van der Waals surface area contributed by atoms with Gasteiger partial charge in [-0.3, -0.25) is 0 Å². The molecular formula is C15H24N4. The van der Waals surface area contributed by atoms with Crippen LogP contribution in [-0.4, -0.2) is 36.2 Å². The predicted molar refractivity (Wildman–Crippen MR) is 78.2 cm³/mol. The highest BCUT2D eigenvalue weighted by Gasteiger charge is 2.26. The first kappa shape index (κ1) is 12.9. The molecule has 2 atom stereocenters. The monoisotopic (exact) mass is 260 g/mol. The van der Waals surface area contributed by atoms with Crippen LogP contribution in [0, 0.1) is 0 Å². The average Bonchev–Trinajstić information content (AvgIpc) is 2.86. The van der Waals surface area contributed by atoms with Gasteiger partial charge in [0.05, 0.1) is 0 Å². The summed E-state index contributed by atoms with van der Waals surface area (Å²) in [5, 5.41) is 3.79. The Bertz CT molecular complexity index is 386. The van der Waals surface area contributed by atoms with E-state index in [2.05, 4.69) is 27.3 Å². The van der Waals surface area contributed by atoms with Gasteiger partial charge in [-0.25, -0.2) is 4.98 Å². The summed E-state index contributed by atoms with van der Waals surface area (Å²) >= 11 is 0. The second kappa shape index (κ2) is 5.88. The van der Waals surface area contributed by atoms with Gasteiger partial charge in [-0.15, -0.1) is 0 Å². The highest BCUT2D eigenvalue weighted by molar-refractivity contribution is 5.38. The Morgan fingerprint density at radius 2 is 1.95 bits per heavy atom. The molecule has 4 heteroatoms. The molecule has 2 heterocycles. The van der Waals surface area contributed by atoms with Gasteiger partial charge in [-0.05, 0) is 44.2 Å². The average molecular weight is 260 g/mol. The molecule has 1 saturated carbocycles. The smallest absolute Gasteiger partial charge is 0.128 e. The first-order chi connectivity index (χ1) is 9.31. The number of aromatic nitrogens is 1. The van der Waals surface area contributed by atoms with Crippen LogP contribution in [-0.2, 0) is 0 Å². The van der Waals surface area contributed by atoms with Gasteiger partial charge in [-0.2, -0.15) is 0 Å². The molecule has 1 aromatic rings. The Kier molecular flexibility index (Phi) is 3.99. The molecule has 2 fully saturated rings. The van der Waals surface area contributed by atoms with Crippen molar-refractivity contribution in [1.29, 1.82) is 0 Å². The number of nitrogens with two attached hydrogens (primary N) is 1. The normalized spacial score (nSPS) is 28.8. The van der Waals surface area contributed by atoms with Gasteiger partial charge in [0, 0.05) is 37.4 Å². The summed E-state index contributed by atoms with van der Waals surface area (Å²) in [4.78, 5) is 6.82. The molecule has 0 aromatic carbocycles. The fraction of sp³-hybridized carbons (Fsp3) is 0.667. The van der Waals surface area contributed by atoms with Crippen LogP contribution in [0.15, 0.2) is 24.4 Å². The number of rotatable bonds is 3. The van der Waals surface area contributed by atoms with Gasteiger partial charge in [0.2, 0.25) is 0 Å². The van der Waals surface area contributed by atoms with E-state index in [1.807, 2.05) is 12.3 Å². The highest BCUT2D eigenvalue weighted by Crippen LogP contribution is 2.21. The second-order valence-corrected chi connectivity index (χ2v) is 5.89. The number of piperidine rings is 1. The summed E-state index contributed by atoms with van der Waals surface area (Å²) in [6.45, 7) is 2.21. The first-order valence-corrected chi connectivity index (χ1v) is 7.49. The van der Waals surface area contributed by atoms with Gasteiger partial charge in [0.15, 0.2) is 0 Å². The zero-order chi connectivity index (χ0) is 13.1. The lowest BCUT2D eigenvalue weighted by molar-refractivity contribution is 0.365. The first-order valence-electron chi connectivity index (χ1n) is 7.49. The molecule has 1 aliphatic carbocycles. The number of anilines is 1. The van der Waals surface area contributed by atoms with Gasteiger partial charge in [-0.1, -0.05) is 6.07 Å². The molecule has 0 radical (unpaired) electrons. The SMILES string of the molecule is NC1CCC(NC2CCN(c3ccccn3)CC2)C1. The third-order valence-electron chi connectivity index (χ3n) is 4.41. The summed E-state index contributed by atoms with van der Waals surface area (Å²) in [5.41, 5.74) is 5.97. The Morgan fingerprint density at radius 3 is 2.58 bits per heavy atom. The van der Waals surface area contributed by atoms with Crippen molar-refractivity contribution >= 4 is 5.82 Å². The molecule has 1 aliphatic heterocycles. The van der Waals surface area contributed by atoms with Crippen molar-refractivity contribution in [3.63, 3.8) is 0 Å². The van der Waals surface area contributed by atoms with Crippen molar-refractivity contribution < 1.29 is 0 Å². The van der Waals surface area contributed by atoms with Crippen LogP contribution < -0.4 is 16.0 Å². The molecular weight excluding hydrogens is 236 g/mol. The fourth-order valence-electron chi connectivity index (χ4n) is 3.32. The molecule has 104 valence electrons. The van der Waals surface area contributed by atoms with Crippen LogP contribution in [0.1, 0.15) is 32.1 Å². The summed E-state index contributed by atoms with van der Waals surface area (Å²) in [6.07, 6.45) is 7.89. The van der Waals surface area contributed by atoms with Crippen LogP contribution in [0.5, 0.6) is 0 Å². The van der Waals surface area contributed by atoms with Crippen LogP contribution in [0.25, 0.3) is 0 Å². The molecule has 2 aliphatic rings. The number of nitrogens with one attached hydrogen (secondary N) is 1. The molecule has 2 unspecified atom stereocenters. The van der Waals surface area contributed by atoms with E-state index in [4.69, 9.17) is 5.73 Å². The topological polar surface area (TPSA) is 54.2 Å². The zero-order valence-electron chi connectivity index (χ0n) is 11.5. The standard InChI is InChI=1S/C15H24N4/c16-12-4-5-14(11-12)18-13-6-9-19(10-7-13)15-3-1-2-8-17-15/h1-3,8,12-14,18H,4-7,9-11,16H2. The molecule has 19 heavy (non-hydrogen) atoms. The molecule has 3 N–H and O–H groups in total. The molecule has 0 amide bonds. The maximum Gasteiger partial charge on any atom is 0.128 e. The van der Waals surface area contributed by atoms with E-state index in [1.54, 1.807) is 0 Å². The summed E-state index contributed by atoms with van der Waals surface area (Å²) in [6, 6.07) is 7.88. The van der Waals surface area contributed by atoms with Gasteiger partial charge in [0.25, 0.3) is 0 Å². The molecule has 3 rings (SSSR count). The van der Waals surface area contributed by atoms with Crippen molar-refractivity contribution in [3.8, 4) is 0 Å². The number of hydrogen-bond donors (Lipinski definition) is 2. The molecule has 0 bridgehead atoms. The van der Waals surface area contributed by atoms with Crippen LogP contribution in [0.4, 0.5) is 5.82 Å². The maximum absolute atomic E-state index is 5.97. The number of pyridine rings is 1. The van der Waals surface area contributed by atoms with E-state index >= 15 is 0 Å². The van der Waals surface area contributed by atoms with Crippen molar-refractivity contribution in [2.24, 2.45) is 5.73 Å². The molecule has 4 nitrogen and oxygen atoms in total. The summed E-state index contributed by atoms with van der Waals surface area (Å²) < 4.78 is 0. The van der Waals surface area contributed by atoms with E-state index in [9.17, 15) is 0 Å². The van der Waals surface area contributed by atoms with Gasteiger partial charge in [0.1, 0.15) is 5.82 Å². The third kappa shape index (κ3) is 3.25. The molecule has 0 spiro atoms. The van der Waals surface area contributed by atoms with Gasteiger partial charge >= 0.3 is 0 Å². The maximum atomic E-state index is 5.97. The zero-order valence-corrected chi connectivity index (χ0v) is 11.5. The van der Waals surface area contributed by atoms with E-state index in [0.717, 1.165) is 25.3 Å². The van der Waals surface area contributed by atoms with E-state index in [1.165, 1.54) is 25.7 Å². The molecule has 1 aromatic heterocycles. The Hall–Kier alpha value is -1.13. The quantitative estimate of drug-likeness (QED) is 0.865. The van der Waals surface area contributed by atoms with Crippen molar-refractivity contribution in [2.75, 3.05) is 18.0 Å². The third-order valence-corrected chi connectivity index (χ3v) is 4.41. The largest absolute Gasteiger partial charge is 0.357 e. The van der Waals surface area contributed by atoms with Crippen LogP contribution in [0.3, 0.4) is 0 Å². The Labute approximate surface area is 115 Å². The molecule has 1 saturated heterocycles. The van der Waals surface area contributed by atoms with Crippen molar-refractivity contribution in [3.05, 3.63) is 24.4 Å². The lowest BCUT2D eigenvalue weighted by Gasteiger charge is -2.34. The van der Waals surface area contributed by atoms with Crippen molar-refractivity contribution in [2.45, 2.75) is 50.2 Å². The minimum absolute atomic E-state index is 0.422. The number of hydrogen-bond acceptors (Lipinski definition) is 4. The van der Waals surface area contributed by atoms with E-state index in [-0.39, 0.29) is 0 Å². The lowest BCUT2D eigenvalue weighted by atomic mass is 10.0. The fourth-order valence-corrected chi connectivity index (χ4v) is 3.32. The summed E-state index contributed by atoms with van der Waals surface area (Å²) in [5.74, 6) is 1.11. The minimum atomic E-state index is 0.422. The minimum Gasteiger partial charge on any atom is -0.357 e. The Morgan fingerprint density at radius 1 is 1.11 bits per heavy atom. The lowest BCUT2D eigenvalue weighted by Crippen LogP contribution is -2.46. The van der Waals surface area contributed by atoms with Crippen molar-refractivity contribution in [1.82, 2.24) is 10.3 Å².